The topological polar surface area (TPSA) is 101 Å². The molecule has 0 saturated heterocycles. The Morgan fingerprint density at radius 3 is 1.88 bits per heavy atom. The van der Waals surface area contributed by atoms with E-state index in [0.29, 0.717) is 18.0 Å². The van der Waals surface area contributed by atoms with Crippen molar-refractivity contribution in [3.05, 3.63) is 27.8 Å². The van der Waals surface area contributed by atoms with Gasteiger partial charge >= 0.3 is 0 Å². The minimum Gasteiger partial charge on any atom is -0.356 e. The number of halogens is 1. The average molecular weight is 406 g/mol. The molecule has 1 aromatic carbocycles. The molecule has 150 valence electrons. The molecule has 0 saturated carbocycles. The third-order valence-corrected chi connectivity index (χ3v) is 6.53. The highest BCUT2D eigenvalue weighted by Gasteiger charge is 2.23. The summed E-state index contributed by atoms with van der Waals surface area (Å²) in [4.78, 5) is 12.1. The second kappa shape index (κ2) is 10.9. The van der Waals surface area contributed by atoms with Crippen LogP contribution in [0.2, 0.25) is 0 Å². The number of rotatable bonds is 9. The molecule has 0 heterocycles. The van der Waals surface area contributed by atoms with Gasteiger partial charge in [0.25, 0.3) is 0 Å². The fourth-order valence-corrected chi connectivity index (χ4v) is 4.45. The lowest BCUT2D eigenvalue weighted by molar-refractivity contribution is -0.120. The van der Waals surface area contributed by atoms with Gasteiger partial charge in [0.2, 0.25) is 15.9 Å². The quantitative estimate of drug-likeness (QED) is 0.548. The molecular formula is C18H32ClN3O3S. The summed E-state index contributed by atoms with van der Waals surface area (Å²) in [5, 5.41) is 2.76. The van der Waals surface area contributed by atoms with E-state index in [2.05, 4.69) is 10.0 Å². The standard InChI is InChI=1S/C18H31N3O3S.ClH/c1-12-13(2)15(4)18(16(5)14(12)3)25(23,24)21-11-8-17(22)20-10-7-6-9-19;/h21H,6-11,19H2,1-5H3,(H,20,22);1H. The smallest absolute Gasteiger partial charge is 0.241 e. The summed E-state index contributed by atoms with van der Waals surface area (Å²) in [5.74, 6) is -0.163. The Morgan fingerprint density at radius 1 is 0.885 bits per heavy atom. The predicted molar refractivity (Wildman–Crippen MR) is 108 cm³/mol. The van der Waals surface area contributed by atoms with Crippen molar-refractivity contribution >= 4 is 28.3 Å². The molecule has 1 rings (SSSR count). The van der Waals surface area contributed by atoms with Crippen LogP contribution in [-0.4, -0.2) is 34.0 Å². The molecule has 0 aliphatic carbocycles. The molecular weight excluding hydrogens is 374 g/mol. The first-order valence-corrected chi connectivity index (χ1v) is 10.1. The number of unbranched alkanes of at least 4 members (excludes halogenated alkanes) is 1. The fraction of sp³-hybridized carbons (Fsp3) is 0.611. The summed E-state index contributed by atoms with van der Waals surface area (Å²) < 4.78 is 28.0. The van der Waals surface area contributed by atoms with Gasteiger partial charge in [0.1, 0.15) is 0 Å². The monoisotopic (exact) mass is 405 g/mol. The summed E-state index contributed by atoms with van der Waals surface area (Å²) in [6.07, 6.45) is 1.80. The van der Waals surface area contributed by atoms with Crippen molar-refractivity contribution in [2.24, 2.45) is 5.73 Å². The van der Waals surface area contributed by atoms with Crippen molar-refractivity contribution in [2.45, 2.75) is 58.8 Å². The van der Waals surface area contributed by atoms with Gasteiger partial charge in [-0.25, -0.2) is 13.1 Å². The van der Waals surface area contributed by atoms with Crippen LogP contribution in [0, 0.1) is 34.6 Å². The summed E-state index contributed by atoms with van der Waals surface area (Å²) >= 11 is 0. The average Bonchev–Trinajstić information content (AvgIpc) is 2.55. The Balaban J connectivity index is 0.00000625. The zero-order valence-electron chi connectivity index (χ0n) is 16.4. The predicted octanol–water partition coefficient (Wildman–Crippen LogP) is 2.17. The maximum Gasteiger partial charge on any atom is 0.241 e. The molecule has 0 spiro atoms. The molecule has 0 aromatic heterocycles. The Kier molecular flexibility index (Phi) is 10.4. The number of hydrogen-bond acceptors (Lipinski definition) is 4. The number of benzene rings is 1. The number of hydrogen-bond donors (Lipinski definition) is 3. The van der Waals surface area contributed by atoms with Crippen molar-refractivity contribution in [3.63, 3.8) is 0 Å². The first kappa shape index (κ1) is 24.8. The van der Waals surface area contributed by atoms with E-state index in [9.17, 15) is 13.2 Å². The molecule has 0 unspecified atom stereocenters. The van der Waals surface area contributed by atoms with Gasteiger partial charge in [0.05, 0.1) is 4.90 Å². The SMILES string of the molecule is Cc1c(C)c(C)c(S(=O)(=O)NCCC(=O)NCCCCN)c(C)c1C.Cl. The highest BCUT2D eigenvalue weighted by molar-refractivity contribution is 7.89. The van der Waals surface area contributed by atoms with Gasteiger partial charge in [-0.2, -0.15) is 0 Å². The highest BCUT2D eigenvalue weighted by Crippen LogP contribution is 2.29. The summed E-state index contributed by atoms with van der Waals surface area (Å²) in [6.45, 7) is 10.8. The largest absolute Gasteiger partial charge is 0.356 e. The van der Waals surface area contributed by atoms with Crippen LogP contribution in [0.4, 0.5) is 0 Å². The Labute approximate surface area is 163 Å². The lowest BCUT2D eigenvalue weighted by Crippen LogP contribution is -2.32. The fourth-order valence-electron chi connectivity index (χ4n) is 2.83. The van der Waals surface area contributed by atoms with E-state index in [1.807, 2.05) is 34.6 Å². The zero-order valence-corrected chi connectivity index (χ0v) is 18.0. The van der Waals surface area contributed by atoms with E-state index < -0.39 is 10.0 Å². The Hall–Kier alpha value is -1.15. The van der Waals surface area contributed by atoms with Gasteiger partial charge in [-0.1, -0.05) is 0 Å². The molecule has 1 amide bonds. The van der Waals surface area contributed by atoms with Crippen LogP contribution < -0.4 is 15.8 Å². The van der Waals surface area contributed by atoms with E-state index in [-0.39, 0.29) is 31.3 Å². The van der Waals surface area contributed by atoms with Crippen molar-refractivity contribution in [3.8, 4) is 0 Å². The van der Waals surface area contributed by atoms with Gasteiger partial charge in [0, 0.05) is 19.5 Å². The second-order valence-corrected chi connectivity index (χ2v) is 8.15. The van der Waals surface area contributed by atoms with E-state index in [1.54, 1.807) is 0 Å². The highest BCUT2D eigenvalue weighted by atomic mass is 35.5. The van der Waals surface area contributed by atoms with Crippen LogP contribution in [0.5, 0.6) is 0 Å². The maximum absolute atomic E-state index is 12.7. The van der Waals surface area contributed by atoms with Crippen LogP contribution >= 0.6 is 12.4 Å². The van der Waals surface area contributed by atoms with Gasteiger partial charge in [-0.05, 0) is 81.8 Å². The lowest BCUT2D eigenvalue weighted by Gasteiger charge is -2.19. The number of amides is 1. The van der Waals surface area contributed by atoms with Crippen molar-refractivity contribution in [1.82, 2.24) is 10.0 Å². The minimum atomic E-state index is -3.65. The minimum absolute atomic E-state index is 0. The first-order chi connectivity index (χ1) is 11.6. The molecule has 0 atom stereocenters. The summed E-state index contributed by atoms with van der Waals surface area (Å²) in [7, 11) is -3.65. The van der Waals surface area contributed by atoms with E-state index in [1.165, 1.54) is 0 Å². The van der Waals surface area contributed by atoms with Gasteiger partial charge in [-0.3, -0.25) is 4.79 Å². The van der Waals surface area contributed by atoms with Crippen LogP contribution in [0.1, 0.15) is 47.1 Å². The molecule has 0 aliphatic heterocycles. The maximum atomic E-state index is 12.7. The molecule has 26 heavy (non-hydrogen) atoms. The van der Waals surface area contributed by atoms with Crippen LogP contribution in [0.3, 0.4) is 0 Å². The zero-order chi connectivity index (χ0) is 19.2. The number of sulfonamides is 1. The number of carbonyl (C=O) groups is 1. The number of nitrogens with two attached hydrogens (primary N) is 1. The third kappa shape index (κ3) is 6.23. The Bertz CT molecular complexity index is 705. The third-order valence-electron chi connectivity index (χ3n) is 4.80. The van der Waals surface area contributed by atoms with Crippen LogP contribution in [0.25, 0.3) is 0 Å². The van der Waals surface area contributed by atoms with E-state index >= 15 is 0 Å². The summed E-state index contributed by atoms with van der Waals surface area (Å²) in [6, 6.07) is 0. The van der Waals surface area contributed by atoms with Crippen molar-refractivity contribution in [2.75, 3.05) is 19.6 Å². The molecule has 0 radical (unpaired) electrons. The van der Waals surface area contributed by atoms with Gasteiger partial charge < -0.3 is 11.1 Å². The van der Waals surface area contributed by atoms with Gasteiger partial charge in [0.15, 0.2) is 0 Å². The van der Waals surface area contributed by atoms with E-state index in [4.69, 9.17) is 5.73 Å². The number of nitrogens with one attached hydrogen (secondary N) is 2. The van der Waals surface area contributed by atoms with Crippen molar-refractivity contribution in [1.29, 1.82) is 0 Å². The van der Waals surface area contributed by atoms with Crippen molar-refractivity contribution < 1.29 is 13.2 Å². The molecule has 8 heteroatoms. The first-order valence-electron chi connectivity index (χ1n) is 8.66. The van der Waals surface area contributed by atoms with Crippen LogP contribution in [0.15, 0.2) is 4.90 Å². The van der Waals surface area contributed by atoms with E-state index in [0.717, 1.165) is 40.7 Å². The van der Waals surface area contributed by atoms with Crippen LogP contribution in [-0.2, 0) is 14.8 Å². The summed E-state index contributed by atoms with van der Waals surface area (Å²) in [5.41, 5.74) is 10.0. The molecule has 6 nitrogen and oxygen atoms in total. The Morgan fingerprint density at radius 2 is 1.38 bits per heavy atom. The molecule has 0 bridgehead atoms. The second-order valence-electron chi connectivity index (χ2n) is 6.45. The molecule has 1 aromatic rings. The number of carbonyl (C=O) groups excluding carboxylic acids is 1. The molecule has 4 N–H and O–H groups in total. The molecule has 0 aliphatic rings. The van der Waals surface area contributed by atoms with Gasteiger partial charge in [-0.15, -0.1) is 12.4 Å². The molecule has 0 fully saturated rings. The lowest BCUT2D eigenvalue weighted by atomic mass is 9.95. The normalized spacial score (nSPS) is 11.2.